The van der Waals surface area contributed by atoms with E-state index in [0.29, 0.717) is 18.3 Å². The van der Waals surface area contributed by atoms with Crippen LogP contribution in [0.3, 0.4) is 0 Å². The number of nitrogens with zero attached hydrogens (tertiary/aromatic N) is 3. The molecule has 7 heteroatoms. The number of hydrogen-bond acceptors (Lipinski definition) is 5. The van der Waals surface area contributed by atoms with E-state index >= 15 is 0 Å². The Labute approximate surface area is 143 Å². The number of nitrogens with one attached hydrogen (secondary N) is 2. The first-order valence-corrected chi connectivity index (χ1v) is 9.21. The Hall–Kier alpha value is -1.47. The molecule has 0 spiro atoms. The monoisotopic (exact) mass is 335 g/mol. The minimum atomic E-state index is -0.113. The van der Waals surface area contributed by atoms with Gasteiger partial charge in [0.1, 0.15) is 0 Å². The standard InChI is InChI=1S/C17H29N5O2/c1-2-24-11-8-17(6-3-7-17)13-19-16(23)15-12-22(21-20-15)14-4-9-18-10-5-14/h12,14,18H,2-11,13H2,1H3,(H,19,23). The van der Waals surface area contributed by atoms with E-state index in [1.807, 2.05) is 11.6 Å². The lowest BCUT2D eigenvalue weighted by Crippen LogP contribution is -2.43. The predicted molar refractivity (Wildman–Crippen MR) is 90.9 cm³/mol. The van der Waals surface area contributed by atoms with Gasteiger partial charge in [-0.05, 0) is 57.5 Å². The zero-order chi connectivity index (χ0) is 16.8. The van der Waals surface area contributed by atoms with Crippen LogP contribution in [0.1, 0.15) is 62.0 Å². The number of amides is 1. The largest absolute Gasteiger partial charge is 0.382 e. The van der Waals surface area contributed by atoms with Gasteiger partial charge < -0.3 is 15.4 Å². The van der Waals surface area contributed by atoms with Gasteiger partial charge in [0.25, 0.3) is 5.91 Å². The summed E-state index contributed by atoms with van der Waals surface area (Å²) in [6.45, 7) is 6.24. The lowest BCUT2D eigenvalue weighted by atomic mass is 9.67. The van der Waals surface area contributed by atoms with Crippen LogP contribution in [0, 0.1) is 5.41 Å². The van der Waals surface area contributed by atoms with Gasteiger partial charge in [-0.1, -0.05) is 11.6 Å². The lowest BCUT2D eigenvalue weighted by molar-refractivity contribution is 0.0512. The van der Waals surface area contributed by atoms with Crippen molar-refractivity contribution in [3.63, 3.8) is 0 Å². The molecule has 1 aliphatic heterocycles. The van der Waals surface area contributed by atoms with Crippen LogP contribution >= 0.6 is 0 Å². The first-order chi connectivity index (χ1) is 11.7. The SMILES string of the molecule is CCOCCC1(CNC(=O)c2cn(C3CCNCC3)nn2)CCC1. The van der Waals surface area contributed by atoms with Crippen molar-refractivity contribution >= 4 is 5.91 Å². The fraction of sp³-hybridized carbons (Fsp3) is 0.824. The molecule has 1 amide bonds. The van der Waals surface area contributed by atoms with Crippen molar-refractivity contribution in [3.8, 4) is 0 Å². The maximum Gasteiger partial charge on any atom is 0.273 e. The second-order valence-electron chi connectivity index (χ2n) is 7.05. The minimum Gasteiger partial charge on any atom is -0.382 e. The number of rotatable bonds is 8. The summed E-state index contributed by atoms with van der Waals surface area (Å²) in [4.78, 5) is 12.4. The smallest absolute Gasteiger partial charge is 0.273 e. The van der Waals surface area contributed by atoms with E-state index in [4.69, 9.17) is 4.74 Å². The molecule has 0 atom stereocenters. The Balaban J connectivity index is 1.50. The molecule has 0 radical (unpaired) electrons. The molecule has 2 N–H and O–H groups in total. The Morgan fingerprint density at radius 1 is 1.46 bits per heavy atom. The van der Waals surface area contributed by atoms with Crippen LogP contribution in [0.25, 0.3) is 0 Å². The molecular weight excluding hydrogens is 306 g/mol. The summed E-state index contributed by atoms with van der Waals surface area (Å²) in [5, 5.41) is 14.6. The quantitative estimate of drug-likeness (QED) is 0.704. The van der Waals surface area contributed by atoms with Gasteiger partial charge in [0, 0.05) is 19.8 Å². The van der Waals surface area contributed by atoms with Gasteiger partial charge in [-0.15, -0.1) is 5.10 Å². The van der Waals surface area contributed by atoms with Crippen LogP contribution in [0.5, 0.6) is 0 Å². The van der Waals surface area contributed by atoms with Crippen LogP contribution in [-0.2, 0) is 4.74 Å². The van der Waals surface area contributed by atoms with E-state index in [-0.39, 0.29) is 11.3 Å². The number of aromatic nitrogens is 3. The molecule has 3 rings (SSSR count). The van der Waals surface area contributed by atoms with Crippen molar-refractivity contribution in [1.29, 1.82) is 0 Å². The van der Waals surface area contributed by atoms with Crippen LogP contribution in [0.15, 0.2) is 6.20 Å². The molecule has 0 bridgehead atoms. The number of piperidine rings is 1. The van der Waals surface area contributed by atoms with Crippen LogP contribution in [-0.4, -0.2) is 53.7 Å². The molecule has 0 unspecified atom stereocenters. The first-order valence-electron chi connectivity index (χ1n) is 9.21. The van der Waals surface area contributed by atoms with E-state index in [1.54, 1.807) is 6.20 Å². The average molecular weight is 335 g/mol. The van der Waals surface area contributed by atoms with Crippen LogP contribution in [0.2, 0.25) is 0 Å². The predicted octanol–water partition coefficient (Wildman–Crippen LogP) is 1.53. The highest BCUT2D eigenvalue weighted by Crippen LogP contribution is 2.43. The zero-order valence-electron chi connectivity index (χ0n) is 14.6. The maximum atomic E-state index is 12.4. The van der Waals surface area contributed by atoms with Gasteiger partial charge >= 0.3 is 0 Å². The van der Waals surface area contributed by atoms with Crippen molar-refractivity contribution < 1.29 is 9.53 Å². The molecule has 2 aliphatic rings. The maximum absolute atomic E-state index is 12.4. The number of hydrogen-bond donors (Lipinski definition) is 2. The summed E-state index contributed by atoms with van der Waals surface area (Å²) in [5.74, 6) is -0.113. The summed E-state index contributed by atoms with van der Waals surface area (Å²) in [7, 11) is 0. The van der Waals surface area contributed by atoms with E-state index in [1.165, 1.54) is 19.3 Å². The summed E-state index contributed by atoms with van der Waals surface area (Å²) in [6.07, 6.45) is 8.45. The van der Waals surface area contributed by atoms with Gasteiger partial charge in [0.05, 0.1) is 12.2 Å². The highest BCUT2D eigenvalue weighted by atomic mass is 16.5. The second-order valence-corrected chi connectivity index (χ2v) is 7.05. The van der Waals surface area contributed by atoms with Gasteiger partial charge in [-0.25, -0.2) is 4.68 Å². The van der Waals surface area contributed by atoms with E-state index in [0.717, 1.165) is 45.6 Å². The molecule has 1 saturated carbocycles. The number of ether oxygens (including phenoxy) is 1. The Bertz CT molecular complexity index is 535. The molecule has 1 aromatic heterocycles. The van der Waals surface area contributed by atoms with Gasteiger partial charge in [-0.2, -0.15) is 0 Å². The fourth-order valence-electron chi connectivity index (χ4n) is 3.61. The van der Waals surface area contributed by atoms with Crippen molar-refractivity contribution in [2.45, 2.75) is 51.5 Å². The Kier molecular flexibility index (Phi) is 5.84. The molecule has 24 heavy (non-hydrogen) atoms. The summed E-state index contributed by atoms with van der Waals surface area (Å²) >= 11 is 0. The molecule has 7 nitrogen and oxygen atoms in total. The second kappa shape index (κ2) is 8.07. The van der Waals surface area contributed by atoms with E-state index in [9.17, 15) is 4.79 Å². The highest BCUT2D eigenvalue weighted by Gasteiger charge is 2.37. The fourth-order valence-corrected chi connectivity index (χ4v) is 3.61. The average Bonchev–Trinajstić information content (AvgIpc) is 3.07. The molecule has 2 heterocycles. The van der Waals surface area contributed by atoms with Crippen LogP contribution < -0.4 is 10.6 Å². The third-order valence-corrected chi connectivity index (χ3v) is 5.44. The molecule has 134 valence electrons. The summed E-state index contributed by atoms with van der Waals surface area (Å²) in [6, 6.07) is 0.351. The van der Waals surface area contributed by atoms with Crippen molar-refractivity contribution in [1.82, 2.24) is 25.6 Å². The molecule has 0 aromatic carbocycles. The highest BCUT2D eigenvalue weighted by molar-refractivity contribution is 5.91. The molecule has 1 aromatic rings. The topological polar surface area (TPSA) is 81.1 Å². The lowest BCUT2D eigenvalue weighted by Gasteiger charge is -2.42. The Morgan fingerprint density at radius 2 is 2.25 bits per heavy atom. The molecule has 1 saturated heterocycles. The molecule has 2 fully saturated rings. The number of carbonyl (C=O) groups is 1. The van der Waals surface area contributed by atoms with Crippen LogP contribution in [0.4, 0.5) is 0 Å². The van der Waals surface area contributed by atoms with Crippen molar-refractivity contribution in [3.05, 3.63) is 11.9 Å². The molecular formula is C17H29N5O2. The van der Waals surface area contributed by atoms with E-state index in [2.05, 4.69) is 20.9 Å². The van der Waals surface area contributed by atoms with Gasteiger partial charge in [-0.3, -0.25) is 4.79 Å². The molecule has 1 aliphatic carbocycles. The summed E-state index contributed by atoms with van der Waals surface area (Å²) < 4.78 is 7.33. The zero-order valence-corrected chi connectivity index (χ0v) is 14.6. The van der Waals surface area contributed by atoms with Gasteiger partial charge in [0.2, 0.25) is 0 Å². The first kappa shape index (κ1) is 17.4. The van der Waals surface area contributed by atoms with Crippen molar-refractivity contribution in [2.75, 3.05) is 32.8 Å². The normalized spacial score (nSPS) is 20.5. The van der Waals surface area contributed by atoms with Gasteiger partial charge in [0.15, 0.2) is 5.69 Å². The third kappa shape index (κ3) is 4.13. The number of carbonyl (C=O) groups excluding carboxylic acids is 1. The van der Waals surface area contributed by atoms with E-state index < -0.39 is 0 Å². The minimum absolute atomic E-state index is 0.113. The summed E-state index contributed by atoms with van der Waals surface area (Å²) in [5.41, 5.74) is 0.642. The Morgan fingerprint density at radius 3 is 2.92 bits per heavy atom. The van der Waals surface area contributed by atoms with Crippen molar-refractivity contribution in [2.24, 2.45) is 5.41 Å². The third-order valence-electron chi connectivity index (χ3n) is 5.44.